The smallest absolute Gasteiger partial charge is 0.267 e. The molecule has 98 valence electrons. The largest absolute Gasteiger partial charge is 0.271 e. The Balaban J connectivity index is 2.77. The van der Waals surface area contributed by atoms with Gasteiger partial charge in [-0.25, -0.2) is 5.43 Å². The maximum absolute atomic E-state index is 12.0. The number of benzene rings is 1. The molecule has 1 N–H and O–H groups in total. The van der Waals surface area contributed by atoms with Crippen molar-refractivity contribution < 1.29 is 4.79 Å². The highest BCUT2D eigenvalue weighted by atomic mass is 16.2. The summed E-state index contributed by atoms with van der Waals surface area (Å²) < 4.78 is 0. The zero-order valence-corrected chi connectivity index (χ0v) is 11.9. The summed E-state index contributed by atoms with van der Waals surface area (Å²) in [7, 11) is 0. The molecule has 0 bridgehead atoms. The van der Waals surface area contributed by atoms with Crippen molar-refractivity contribution in [2.75, 3.05) is 0 Å². The quantitative estimate of drug-likeness (QED) is 0.641. The second-order valence-electron chi connectivity index (χ2n) is 4.82. The second-order valence-corrected chi connectivity index (χ2v) is 4.82. The first-order valence-corrected chi connectivity index (χ1v) is 6.37. The number of nitrogens with one attached hydrogen (secondary N) is 1. The van der Waals surface area contributed by atoms with E-state index in [9.17, 15) is 4.79 Å². The van der Waals surface area contributed by atoms with Gasteiger partial charge < -0.3 is 0 Å². The molecular formula is C15H22N2O. The minimum Gasteiger partial charge on any atom is -0.267 e. The van der Waals surface area contributed by atoms with Gasteiger partial charge in [-0.1, -0.05) is 31.5 Å². The van der Waals surface area contributed by atoms with Gasteiger partial charge >= 0.3 is 0 Å². The van der Waals surface area contributed by atoms with E-state index in [0.717, 1.165) is 23.3 Å². The molecule has 0 aliphatic heterocycles. The van der Waals surface area contributed by atoms with Crippen molar-refractivity contribution >= 4 is 11.6 Å². The van der Waals surface area contributed by atoms with Crippen LogP contribution in [0.1, 0.15) is 48.7 Å². The Hall–Kier alpha value is -1.64. The number of hydrogen-bond acceptors (Lipinski definition) is 2. The third-order valence-electron chi connectivity index (χ3n) is 3.29. The van der Waals surface area contributed by atoms with Crippen LogP contribution in [0.25, 0.3) is 0 Å². The van der Waals surface area contributed by atoms with E-state index in [1.807, 2.05) is 39.0 Å². The van der Waals surface area contributed by atoms with Crippen LogP contribution in [0.4, 0.5) is 0 Å². The Morgan fingerprint density at radius 1 is 1.39 bits per heavy atom. The zero-order valence-electron chi connectivity index (χ0n) is 11.9. The Morgan fingerprint density at radius 2 is 2.06 bits per heavy atom. The molecule has 1 aromatic carbocycles. The third kappa shape index (κ3) is 3.69. The lowest BCUT2D eigenvalue weighted by molar-refractivity contribution is 0.0954. The highest BCUT2D eigenvalue weighted by molar-refractivity contribution is 5.96. The lowest BCUT2D eigenvalue weighted by Gasteiger charge is -2.09. The molecule has 18 heavy (non-hydrogen) atoms. The molecule has 0 heterocycles. The van der Waals surface area contributed by atoms with Crippen LogP contribution in [-0.2, 0) is 0 Å². The number of aryl methyl sites for hydroxylation is 2. The Kier molecular flexibility index (Phi) is 5.08. The normalized spacial score (nSPS) is 13.3. The lowest BCUT2D eigenvalue weighted by Crippen LogP contribution is -2.21. The van der Waals surface area contributed by atoms with Crippen molar-refractivity contribution in [3.63, 3.8) is 0 Å². The van der Waals surface area contributed by atoms with E-state index in [1.165, 1.54) is 0 Å². The standard InChI is InChI=1S/C15H22N2O/c1-6-11(3)13(5)16-17-15(18)14-8-7-10(2)9-12(14)4/h7-9,11H,6H2,1-5H3,(H,17,18)/b16-13+. The van der Waals surface area contributed by atoms with Crippen molar-refractivity contribution in [1.82, 2.24) is 5.43 Å². The van der Waals surface area contributed by atoms with Crippen molar-refractivity contribution in [2.45, 2.75) is 41.0 Å². The molecule has 1 unspecified atom stereocenters. The van der Waals surface area contributed by atoms with Crippen LogP contribution in [0.15, 0.2) is 23.3 Å². The SMILES string of the molecule is CCC(C)/C(C)=N/NC(=O)c1ccc(C)cc1C. The van der Waals surface area contributed by atoms with Gasteiger partial charge in [-0.15, -0.1) is 0 Å². The summed E-state index contributed by atoms with van der Waals surface area (Å²) >= 11 is 0. The summed E-state index contributed by atoms with van der Waals surface area (Å²) in [5.41, 5.74) is 6.39. The summed E-state index contributed by atoms with van der Waals surface area (Å²) in [5, 5.41) is 4.15. The number of nitrogens with zero attached hydrogens (tertiary/aromatic N) is 1. The number of hydrazone groups is 1. The van der Waals surface area contributed by atoms with Crippen LogP contribution < -0.4 is 5.43 Å². The van der Waals surface area contributed by atoms with Gasteiger partial charge in [-0.05, 0) is 44.7 Å². The van der Waals surface area contributed by atoms with Gasteiger partial charge in [0.2, 0.25) is 0 Å². The highest BCUT2D eigenvalue weighted by Gasteiger charge is 2.09. The van der Waals surface area contributed by atoms with E-state index in [-0.39, 0.29) is 5.91 Å². The predicted octanol–water partition coefficient (Wildman–Crippen LogP) is 3.46. The molecule has 3 nitrogen and oxygen atoms in total. The predicted molar refractivity (Wildman–Crippen MR) is 75.9 cm³/mol. The fourth-order valence-corrected chi connectivity index (χ4v) is 1.67. The zero-order chi connectivity index (χ0) is 13.7. The van der Waals surface area contributed by atoms with Gasteiger partial charge in [-0.3, -0.25) is 4.79 Å². The number of amides is 1. The maximum atomic E-state index is 12.0. The van der Waals surface area contributed by atoms with Gasteiger partial charge in [-0.2, -0.15) is 5.10 Å². The molecular weight excluding hydrogens is 224 g/mol. The molecule has 0 radical (unpaired) electrons. The molecule has 0 aromatic heterocycles. The van der Waals surface area contributed by atoms with Crippen molar-refractivity contribution in [3.05, 3.63) is 34.9 Å². The Labute approximate surface area is 109 Å². The van der Waals surface area contributed by atoms with Gasteiger partial charge in [0.25, 0.3) is 5.91 Å². The minimum atomic E-state index is -0.143. The molecule has 1 amide bonds. The topological polar surface area (TPSA) is 41.5 Å². The van der Waals surface area contributed by atoms with Crippen LogP contribution in [0, 0.1) is 19.8 Å². The average molecular weight is 246 g/mol. The second kappa shape index (κ2) is 6.34. The van der Waals surface area contributed by atoms with Crippen LogP contribution >= 0.6 is 0 Å². The first kappa shape index (κ1) is 14.4. The van der Waals surface area contributed by atoms with Crippen molar-refractivity contribution in [3.8, 4) is 0 Å². The molecule has 0 saturated heterocycles. The minimum absolute atomic E-state index is 0.143. The lowest BCUT2D eigenvalue weighted by atomic mass is 10.0. The Morgan fingerprint density at radius 3 is 2.61 bits per heavy atom. The van der Waals surface area contributed by atoms with Crippen LogP contribution in [0.2, 0.25) is 0 Å². The summed E-state index contributed by atoms with van der Waals surface area (Å²) in [4.78, 5) is 12.0. The van der Waals surface area contributed by atoms with Crippen LogP contribution in [-0.4, -0.2) is 11.6 Å². The van der Waals surface area contributed by atoms with Gasteiger partial charge in [0.05, 0.1) is 0 Å². The molecule has 0 aliphatic carbocycles. The van der Waals surface area contributed by atoms with E-state index in [4.69, 9.17) is 0 Å². The molecule has 1 atom stereocenters. The van der Waals surface area contributed by atoms with E-state index in [0.29, 0.717) is 11.5 Å². The highest BCUT2D eigenvalue weighted by Crippen LogP contribution is 2.10. The fraction of sp³-hybridized carbons (Fsp3) is 0.467. The number of hydrogen-bond donors (Lipinski definition) is 1. The molecule has 3 heteroatoms. The monoisotopic (exact) mass is 246 g/mol. The number of carbonyl (C=O) groups excluding carboxylic acids is 1. The van der Waals surface area contributed by atoms with Gasteiger partial charge in [0, 0.05) is 11.3 Å². The molecule has 1 rings (SSSR count). The number of rotatable bonds is 4. The first-order chi connectivity index (χ1) is 8.45. The van der Waals surface area contributed by atoms with E-state index >= 15 is 0 Å². The fourth-order valence-electron chi connectivity index (χ4n) is 1.67. The van der Waals surface area contributed by atoms with Crippen LogP contribution in [0.5, 0.6) is 0 Å². The van der Waals surface area contributed by atoms with E-state index in [2.05, 4.69) is 24.4 Å². The molecule has 0 aliphatic rings. The van der Waals surface area contributed by atoms with E-state index in [1.54, 1.807) is 0 Å². The van der Waals surface area contributed by atoms with Crippen LogP contribution in [0.3, 0.4) is 0 Å². The summed E-state index contributed by atoms with van der Waals surface area (Å²) in [6.07, 6.45) is 1.02. The molecule has 0 fully saturated rings. The van der Waals surface area contributed by atoms with Gasteiger partial charge in [0.1, 0.15) is 0 Å². The number of carbonyl (C=O) groups is 1. The van der Waals surface area contributed by atoms with Gasteiger partial charge in [0.15, 0.2) is 0 Å². The van der Waals surface area contributed by atoms with Crippen molar-refractivity contribution in [1.29, 1.82) is 0 Å². The first-order valence-electron chi connectivity index (χ1n) is 6.37. The third-order valence-corrected chi connectivity index (χ3v) is 3.29. The van der Waals surface area contributed by atoms with E-state index < -0.39 is 0 Å². The molecule has 0 saturated carbocycles. The van der Waals surface area contributed by atoms with Crippen molar-refractivity contribution in [2.24, 2.45) is 11.0 Å². The Bertz CT molecular complexity index is 464. The average Bonchev–Trinajstić information content (AvgIpc) is 2.34. The molecule has 0 spiro atoms. The maximum Gasteiger partial charge on any atom is 0.271 e. The summed E-state index contributed by atoms with van der Waals surface area (Å²) in [5.74, 6) is 0.250. The summed E-state index contributed by atoms with van der Waals surface area (Å²) in [6.45, 7) is 10.1. The molecule has 1 aromatic rings. The summed E-state index contributed by atoms with van der Waals surface area (Å²) in [6, 6.07) is 5.78.